The molecule has 29 heavy (non-hydrogen) atoms. The van der Waals surface area contributed by atoms with Crippen molar-refractivity contribution in [3.63, 3.8) is 0 Å². The van der Waals surface area contributed by atoms with E-state index in [-0.39, 0.29) is 37.5 Å². The molecule has 2 aliphatic rings. The SMILES string of the molecule is Cl.Cl.N[C@H]1CC[C@H](CCN2CCC(OCc3cccc(C(F)(F)F)c3)CC2)CC1. The van der Waals surface area contributed by atoms with E-state index < -0.39 is 11.7 Å². The monoisotopic (exact) mass is 456 g/mol. The lowest BCUT2D eigenvalue weighted by Crippen LogP contribution is -2.38. The summed E-state index contributed by atoms with van der Waals surface area (Å²) < 4.78 is 44.2. The second-order valence-corrected chi connectivity index (χ2v) is 8.12. The van der Waals surface area contributed by atoms with Gasteiger partial charge in [-0.2, -0.15) is 13.2 Å². The van der Waals surface area contributed by atoms with Gasteiger partial charge in [0.2, 0.25) is 0 Å². The van der Waals surface area contributed by atoms with Crippen LogP contribution in [-0.2, 0) is 17.5 Å². The van der Waals surface area contributed by atoms with Crippen LogP contribution < -0.4 is 5.73 Å². The molecule has 1 heterocycles. The third kappa shape index (κ3) is 8.62. The fourth-order valence-corrected chi connectivity index (χ4v) is 4.19. The number of halogens is 5. The Labute approximate surface area is 184 Å². The number of piperidine rings is 1. The van der Waals surface area contributed by atoms with Crippen LogP contribution >= 0.6 is 24.8 Å². The number of likely N-dealkylation sites (tertiary alicyclic amines) is 1. The average Bonchev–Trinajstić information content (AvgIpc) is 2.66. The summed E-state index contributed by atoms with van der Waals surface area (Å²) >= 11 is 0. The zero-order chi connectivity index (χ0) is 19.3. The Kier molecular flexibility index (Phi) is 11.3. The van der Waals surface area contributed by atoms with Crippen molar-refractivity contribution in [2.24, 2.45) is 11.7 Å². The average molecular weight is 457 g/mol. The van der Waals surface area contributed by atoms with Gasteiger partial charge in [0.15, 0.2) is 0 Å². The van der Waals surface area contributed by atoms with Crippen LogP contribution in [0.15, 0.2) is 24.3 Å². The first kappa shape index (κ1) is 26.5. The third-order valence-electron chi connectivity index (χ3n) is 6.02. The number of hydrogen-bond donors (Lipinski definition) is 1. The highest BCUT2D eigenvalue weighted by atomic mass is 35.5. The van der Waals surface area contributed by atoms with Crippen molar-refractivity contribution in [2.75, 3.05) is 19.6 Å². The number of nitrogens with two attached hydrogens (primary N) is 1. The fraction of sp³-hybridized carbons (Fsp3) is 0.714. The number of hydrogen-bond acceptors (Lipinski definition) is 3. The molecule has 0 unspecified atom stereocenters. The maximum absolute atomic E-state index is 12.8. The molecule has 1 saturated heterocycles. The molecule has 1 aliphatic heterocycles. The predicted molar refractivity (Wildman–Crippen MR) is 115 cm³/mol. The van der Waals surface area contributed by atoms with E-state index in [1.165, 1.54) is 31.4 Å². The van der Waals surface area contributed by atoms with Crippen LogP contribution in [0, 0.1) is 5.92 Å². The first-order valence-corrected chi connectivity index (χ1v) is 10.2. The molecule has 0 radical (unpaired) electrons. The van der Waals surface area contributed by atoms with Gasteiger partial charge in [-0.3, -0.25) is 0 Å². The van der Waals surface area contributed by atoms with Gasteiger partial charge in [-0.05, 0) is 75.1 Å². The van der Waals surface area contributed by atoms with Crippen LogP contribution in [0.3, 0.4) is 0 Å². The molecule has 2 fully saturated rings. The molecular formula is C21H33Cl2F3N2O. The van der Waals surface area contributed by atoms with Gasteiger partial charge >= 0.3 is 6.18 Å². The summed E-state index contributed by atoms with van der Waals surface area (Å²) in [4.78, 5) is 2.50. The lowest BCUT2D eigenvalue weighted by molar-refractivity contribution is -0.137. The smallest absolute Gasteiger partial charge is 0.373 e. The van der Waals surface area contributed by atoms with E-state index in [1.807, 2.05) is 0 Å². The minimum Gasteiger partial charge on any atom is -0.373 e. The Hall–Kier alpha value is -0.530. The molecule has 1 aromatic carbocycles. The van der Waals surface area contributed by atoms with Gasteiger partial charge in [0.1, 0.15) is 0 Å². The summed E-state index contributed by atoms with van der Waals surface area (Å²) in [5.74, 6) is 0.819. The van der Waals surface area contributed by atoms with Gasteiger partial charge in [-0.15, -0.1) is 24.8 Å². The number of benzene rings is 1. The van der Waals surface area contributed by atoms with Gasteiger partial charge in [-0.1, -0.05) is 12.1 Å². The van der Waals surface area contributed by atoms with Crippen molar-refractivity contribution < 1.29 is 17.9 Å². The van der Waals surface area contributed by atoms with E-state index in [1.54, 1.807) is 6.07 Å². The summed E-state index contributed by atoms with van der Waals surface area (Å²) in [5, 5.41) is 0. The maximum Gasteiger partial charge on any atom is 0.416 e. The van der Waals surface area contributed by atoms with E-state index in [4.69, 9.17) is 10.5 Å². The molecule has 1 aromatic rings. The molecule has 2 N–H and O–H groups in total. The molecule has 1 aliphatic carbocycles. The highest BCUT2D eigenvalue weighted by Gasteiger charge is 2.30. The molecule has 1 saturated carbocycles. The highest BCUT2D eigenvalue weighted by Crippen LogP contribution is 2.30. The van der Waals surface area contributed by atoms with Crippen molar-refractivity contribution in [1.29, 1.82) is 0 Å². The quantitative estimate of drug-likeness (QED) is 0.619. The van der Waals surface area contributed by atoms with E-state index in [0.29, 0.717) is 11.6 Å². The summed E-state index contributed by atoms with van der Waals surface area (Å²) in [6.07, 6.45) is 3.85. The van der Waals surface area contributed by atoms with Crippen molar-refractivity contribution in [3.05, 3.63) is 35.4 Å². The zero-order valence-electron chi connectivity index (χ0n) is 16.7. The summed E-state index contributed by atoms with van der Waals surface area (Å²) in [7, 11) is 0. The predicted octanol–water partition coefficient (Wildman–Crippen LogP) is 5.44. The molecule has 168 valence electrons. The minimum absolute atomic E-state index is 0. The highest BCUT2D eigenvalue weighted by molar-refractivity contribution is 5.85. The summed E-state index contributed by atoms with van der Waals surface area (Å²) in [6.45, 7) is 3.41. The van der Waals surface area contributed by atoms with Crippen molar-refractivity contribution in [2.45, 2.75) is 69.9 Å². The Balaban J connectivity index is 0.00000210. The van der Waals surface area contributed by atoms with Crippen LogP contribution in [-0.4, -0.2) is 36.7 Å². The Morgan fingerprint density at radius 3 is 2.28 bits per heavy atom. The van der Waals surface area contributed by atoms with Crippen LogP contribution in [0.2, 0.25) is 0 Å². The fourth-order valence-electron chi connectivity index (χ4n) is 4.19. The Morgan fingerprint density at radius 1 is 1.00 bits per heavy atom. The molecular weight excluding hydrogens is 424 g/mol. The zero-order valence-corrected chi connectivity index (χ0v) is 18.3. The van der Waals surface area contributed by atoms with Crippen LogP contribution in [0.4, 0.5) is 13.2 Å². The van der Waals surface area contributed by atoms with Crippen molar-refractivity contribution in [3.8, 4) is 0 Å². The van der Waals surface area contributed by atoms with E-state index in [9.17, 15) is 13.2 Å². The van der Waals surface area contributed by atoms with Gasteiger partial charge in [0.25, 0.3) is 0 Å². The van der Waals surface area contributed by atoms with E-state index >= 15 is 0 Å². The van der Waals surface area contributed by atoms with Crippen molar-refractivity contribution in [1.82, 2.24) is 4.90 Å². The number of ether oxygens (including phenoxy) is 1. The van der Waals surface area contributed by atoms with Gasteiger partial charge < -0.3 is 15.4 Å². The molecule has 0 atom stereocenters. The normalized spacial score (nSPS) is 23.9. The molecule has 0 amide bonds. The molecule has 0 bridgehead atoms. The minimum atomic E-state index is -4.30. The van der Waals surface area contributed by atoms with Gasteiger partial charge in [-0.25, -0.2) is 0 Å². The first-order valence-electron chi connectivity index (χ1n) is 10.2. The van der Waals surface area contributed by atoms with Gasteiger partial charge in [0, 0.05) is 19.1 Å². The van der Waals surface area contributed by atoms with Crippen LogP contribution in [0.25, 0.3) is 0 Å². The third-order valence-corrected chi connectivity index (χ3v) is 6.02. The standard InChI is InChI=1S/C21H31F3N2O.2ClH/c22-21(23,24)18-3-1-2-17(14-18)15-27-20-9-12-26(13-10-20)11-8-16-4-6-19(25)7-5-16;;/h1-3,14,16,19-20H,4-13,15,25H2;2*1H/t16-,19-;;. The number of nitrogens with zero attached hydrogens (tertiary/aromatic N) is 1. The Bertz CT molecular complexity index is 588. The summed E-state index contributed by atoms with van der Waals surface area (Å²) in [5.41, 5.74) is 5.95. The number of alkyl halides is 3. The lowest BCUT2D eigenvalue weighted by Gasteiger charge is -2.34. The largest absolute Gasteiger partial charge is 0.416 e. The second-order valence-electron chi connectivity index (χ2n) is 8.12. The van der Waals surface area contributed by atoms with E-state index in [0.717, 1.165) is 57.3 Å². The Morgan fingerprint density at radius 2 is 1.66 bits per heavy atom. The maximum atomic E-state index is 12.8. The first-order chi connectivity index (χ1) is 12.9. The second kappa shape index (κ2) is 12.4. The lowest BCUT2D eigenvalue weighted by atomic mass is 9.84. The van der Waals surface area contributed by atoms with Crippen LogP contribution in [0.1, 0.15) is 56.1 Å². The number of rotatable bonds is 6. The molecule has 0 aromatic heterocycles. The topological polar surface area (TPSA) is 38.5 Å². The molecule has 8 heteroatoms. The van der Waals surface area contributed by atoms with Crippen LogP contribution in [0.5, 0.6) is 0 Å². The van der Waals surface area contributed by atoms with Crippen molar-refractivity contribution >= 4 is 24.8 Å². The van der Waals surface area contributed by atoms with Gasteiger partial charge in [0.05, 0.1) is 18.3 Å². The van der Waals surface area contributed by atoms with E-state index in [2.05, 4.69) is 4.90 Å². The molecule has 0 spiro atoms. The molecule has 3 rings (SSSR count). The summed E-state index contributed by atoms with van der Waals surface area (Å²) in [6, 6.07) is 5.83. The molecule has 3 nitrogen and oxygen atoms in total.